The van der Waals surface area contributed by atoms with E-state index in [1.54, 1.807) is 13.8 Å². The van der Waals surface area contributed by atoms with E-state index in [0.717, 1.165) is 24.3 Å². The Kier molecular flexibility index (Phi) is 8.01. The van der Waals surface area contributed by atoms with Gasteiger partial charge in [0.1, 0.15) is 11.6 Å². The Morgan fingerprint density at radius 3 is 2.09 bits per heavy atom. The van der Waals surface area contributed by atoms with E-state index >= 15 is 0 Å². The fraction of sp³-hybridized carbons (Fsp3) is 0.478. The molecule has 0 spiro atoms. The molecule has 0 amide bonds. The van der Waals surface area contributed by atoms with Gasteiger partial charge in [0.2, 0.25) is 0 Å². The maximum absolute atomic E-state index is 13.8. The van der Waals surface area contributed by atoms with E-state index in [2.05, 4.69) is 0 Å². The molecule has 2 nitrogen and oxygen atoms in total. The Hall–Kier alpha value is -2.00. The fourth-order valence-corrected chi connectivity index (χ4v) is 3.93. The molecule has 0 heterocycles. The van der Waals surface area contributed by atoms with Crippen LogP contribution in [0.15, 0.2) is 36.4 Å². The molecule has 1 atom stereocenters. The summed E-state index contributed by atoms with van der Waals surface area (Å²) in [6.07, 6.45) is -12.2. The summed E-state index contributed by atoms with van der Waals surface area (Å²) in [5.74, 6) is -0.308. The molecule has 2 aromatic carbocycles. The van der Waals surface area contributed by atoms with Crippen molar-refractivity contribution in [2.45, 2.75) is 62.9 Å². The van der Waals surface area contributed by atoms with Gasteiger partial charge in [-0.05, 0) is 60.9 Å². The van der Waals surface area contributed by atoms with Gasteiger partial charge in [-0.25, -0.2) is 4.39 Å². The minimum absolute atomic E-state index is 0.153. The van der Waals surface area contributed by atoms with Crippen LogP contribution >= 0.6 is 11.6 Å². The number of methoxy groups -OCH3 is 1. The molecule has 0 aliphatic heterocycles. The molecule has 0 aromatic heterocycles. The highest BCUT2D eigenvalue weighted by Gasteiger charge is 2.53. The van der Waals surface area contributed by atoms with Gasteiger partial charge in [0.05, 0.1) is 17.7 Å². The smallest absolute Gasteiger partial charge is 0.417 e. The van der Waals surface area contributed by atoms with Crippen LogP contribution in [0.5, 0.6) is 5.75 Å². The van der Waals surface area contributed by atoms with Crippen LogP contribution in [0.25, 0.3) is 0 Å². The van der Waals surface area contributed by atoms with Crippen molar-refractivity contribution in [1.29, 1.82) is 0 Å². The first-order valence-electron chi connectivity index (χ1n) is 9.99. The Bertz CT molecular complexity index is 970. The number of rotatable bonds is 8. The van der Waals surface area contributed by atoms with E-state index in [1.165, 1.54) is 19.2 Å². The lowest BCUT2D eigenvalue weighted by molar-refractivity contribution is -0.265. The molecule has 0 aliphatic carbocycles. The molecule has 0 bridgehead atoms. The minimum Gasteiger partial charge on any atom is -0.496 e. The zero-order valence-corrected chi connectivity index (χ0v) is 18.9. The third kappa shape index (κ3) is 6.32. The van der Waals surface area contributed by atoms with Crippen LogP contribution in [0.3, 0.4) is 0 Å². The number of aliphatic hydroxyl groups is 1. The molecule has 0 aliphatic rings. The Balaban J connectivity index is 2.28. The Labute approximate surface area is 192 Å². The molecule has 33 heavy (non-hydrogen) atoms. The highest BCUT2D eigenvalue weighted by molar-refractivity contribution is 6.32. The van der Waals surface area contributed by atoms with Crippen molar-refractivity contribution in [3.8, 4) is 5.75 Å². The SMILES string of the molecule is COc1ccc(F)cc1C(C)(C)CCC(O)(CCc1cccc(C(F)(F)F)c1Cl)C(F)(F)F. The lowest BCUT2D eigenvalue weighted by Crippen LogP contribution is -2.46. The molecule has 2 aromatic rings. The number of aryl methyl sites for hydroxylation is 1. The molecule has 0 saturated heterocycles. The highest BCUT2D eigenvalue weighted by atomic mass is 35.5. The first-order chi connectivity index (χ1) is 15.0. The van der Waals surface area contributed by atoms with Crippen LogP contribution in [0.2, 0.25) is 5.02 Å². The van der Waals surface area contributed by atoms with Gasteiger partial charge in [-0.15, -0.1) is 0 Å². The van der Waals surface area contributed by atoms with Gasteiger partial charge in [-0.3, -0.25) is 0 Å². The lowest BCUT2D eigenvalue weighted by Gasteiger charge is -2.35. The molecule has 2 rings (SSSR count). The molecule has 184 valence electrons. The van der Waals surface area contributed by atoms with Crippen LogP contribution < -0.4 is 4.74 Å². The molecule has 0 saturated carbocycles. The van der Waals surface area contributed by atoms with Crippen molar-refractivity contribution >= 4 is 11.6 Å². The third-order valence-corrected chi connectivity index (χ3v) is 6.22. The van der Waals surface area contributed by atoms with Gasteiger partial charge in [-0.1, -0.05) is 37.6 Å². The van der Waals surface area contributed by atoms with Crippen molar-refractivity contribution < 1.29 is 40.6 Å². The summed E-state index contributed by atoms with van der Waals surface area (Å²) in [5, 5.41) is 9.83. The topological polar surface area (TPSA) is 29.5 Å². The predicted molar refractivity (Wildman–Crippen MR) is 111 cm³/mol. The van der Waals surface area contributed by atoms with E-state index in [4.69, 9.17) is 16.3 Å². The second-order valence-electron chi connectivity index (χ2n) is 8.53. The van der Waals surface area contributed by atoms with E-state index in [-0.39, 0.29) is 17.7 Å². The number of hydrogen-bond donors (Lipinski definition) is 1. The van der Waals surface area contributed by atoms with Crippen LogP contribution in [0, 0.1) is 5.82 Å². The van der Waals surface area contributed by atoms with Gasteiger partial charge >= 0.3 is 12.4 Å². The normalized spacial score (nSPS) is 14.8. The van der Waals surface area contributed by atoms with Crippen LogP contribution in [0.4, 0.5) is 30.7 Å². The Morgan fingerprint density at radius 2 is 1.55 bits per heavy atom. The minimum atomic E-state index is -5.05. The molecule has 0 radical (unpaired) electrons. The van der Waals surface area contributed by atoms with Crippen molar-refractivity contribution in [1.82, 2.24) is 0 Å². The summed E-state index contributed by atoms with van der Waals surface area (Å²) in [7, 11) is 1.34. The van der Waals surface area contributed by atoms with Crippen molar-refractivity contribution in [3.05, 3.63) is 63.9 Å². The van der Waals surface area contributed by atoms with Crippen molar-refractivity contribution in [2.75, 3.05) is 7.11 Å². The van der Waals surface area contributed by atoms with E-state index in [0.29, 0.717) is 5.56 Å². The van der Waals surface area contributed by atoms with Crippen LogP contribution in [-0.2, 0) is 18.0 Å². The summed E-state index contributed by atoms with van der Waals surface area (Å²) >= 11 is 5.78. The summed E-state index contributed by atoms with van der Waals surface area (Å²) < 4.78 is 99.5. The van der Waals surface area contributed by atoms with Crippen LogP contribution in [-0.4, -0.2) is 24.0 Å². The second-order valence-corrected chi connectivity index (χ2v) is 8.91. The number of alkyl halides is 6. The molecular formula is C23H24ClF7O2. The summed E-state index contributed by atoms with van der Waals surface area (Å²) in [6.45, 7) is 3.18. The zero-order valence-electron chi connectivity index (χ0n) is 18.2. The number of halogens is 8. The van der Waals surface area contributed by atoms with E-state index in [9.17, 15) is 35.8 Å². The number of benzene rings is 2. The van der Waals surface area contributed by atoms with Gasteiger partial charge in [0, 0.05) is 5.56 Å². The maximum atomic E-state index is 13.8. The molecular weight excluding hydrogens is 477 g/mol. The van der Waals surface area contributed by atoms with Gasteiger partial charge in [0.15, 0.2) is 5.60 Å². The average Bonchev–Trinajstić information content (AvgIpc) is 2.70. The molecule has 10 heteroatoms. The molecule has 0 fully saturated rings. The summed E-state index contributed by atoms with van der Waals surface area (Å²) in [6, 6.07) is 6.65. The summed E-state index contributed by atoms with van der Waals surface area (Å²) in [5.41, 5.74) is -5.18. The number of ether oxygens (including phenoxy) is 1. The van der Waals surface area contributed by atoms with Gasteiger partial charge in [0.25, 0.3) is 0 Å². The lowest BCUT2D eigenvalue weighted by atomic mass is 9.76. The largest absolute Gasteiger partial charge is 0.496 e. The molecule has 1 unspecified atom stereocenters. The van der Waals surface area contributed by atoms with Crippen LogP contribution in [0.1, 0.15) is 49.8 Å². The van der Waals surface area contributed by atoms with Gasteiger partial charge in [-0.2, -0.15) is 26.3 Å². The summed E-state index contributed by atoms with van der Waals surface area (Å²) in [4.78, 5) is 0. The highest BCUT2D eigenvalue weighted by Crippen LogP contribution is 2.44. The van der Waals surface area contributed by atoms with Gasteiger partial charge < -0.3 is 9.84 Å². The third-order valence-electron chi connectivity index (χ3n) is 5.77. The maximum Gasteiger partial charge on any atom is 0.417 e. The van der Waals surface area contributed by atoms with E-state index < -0.39 is 59.0 Å². The molecule has 1 N–H and O–H groups in total. The van der Waals surface area contributed by atoms with E-state index in [1.807, 2.05) is 0 Å². The standard InChI is InChI=1S/C23H24ClF7O2/c1-20(2,17-13-15(25)7-8-18(17)33-3)11-12-21(32,23(29,30)31)10-9-14-5-4-6-16(19(14)24)22(26,27)28/h4-8,13,32H,9-12H2,1-3H3. The fourth-order valence-electron chi connectivity index (χ4n) is 3.60. The van der Waals surface area contributed by atoms with Crippen molar-refractivity contribution in [2.24, 2.45) is 0 Å². The average molecular weight is 501 g/mol. The second kappa shape index (κ2) is 9.70. The number of hydrogen-bond acceptors (Lipinski definition) is 2. The first-order valence-corrected chi connectivity index (χ1v) is 10.4. The van der Waals surface area contributed by atoms with Crippen molar-refractivity contribution in [3.63, 3.8) is 0 Å². The quantitative estimate of drug-likeness (QED) is 0.380. The zero-order chi connectivity index (χ0) is 25.2. The monoisotopic (exact) mass is 500 g/mol. The Morgan fingerprint density at radius 1 is 0.909 bits per heavy atom. The predicted octanol–water partition coefficient (Wildman–Crippen LogP) is 7.49. The first kappa shape index (κ1) is 27.2.